The molecule has 0 atom stereocenters. The second-order valence-corrected chi connectivity index (χ2v) is 7.48. The summed E-state index contributed by atoms with van der Waals surface area (Å²) in [7, 11) is 0. The van der Waals surface area contributed by atoms with Gasteiger partial charge in [-0.25, -0.2) is 0 Å². The molecule has 1 aliphatic rings. The van der Waals surface area contributed by atoms with Crippen molar-refractivity contribution in [3.8, 4) is 0 Å². The average molecular weight is 352 g/mol. The number of carbonyl (C=O) groups excluding carboxylic acids is 1. The van der Waals surface area contributed by atoms with Crippen LogP contribution in [0.15, 0.2) is 29.1 Å². The summed E-state index contributed by atoms with van der Waals surface area (Å²) in [5.41, 5.74) is 5.32. The van der Waals surface area contributed by atoms with Gasteiger partial charge in [0, 0.05) is 23.4 Å². The number of pyridine rings is 1. The second-order valence-electron chi connectivity index (χ2n) is 7.48. The number of benzene rings is 1. The number of amides is 1. The SMILES string of the molecule is Cc1cc(C)c(CNC(=O)c2cccc(C3CCCCC3)c2C)c(=O)[nH]1. The van der Waals surface area contributed by atoms with Gasteiger partial charge >= 0.3 is 0 Å². The molecule has 3 rings (SSSR count). The van der Waals surface area contributed by atoms with Crippen molar-refractivity contribution in [2.45, 2.75) is 65.3 Å². The molecule has 0 unspecified atom stereocenters. The van der Waals surface area contributed by atoms with Crippen LogP contribution in [-0.2, 0) is 6.54 Å². The number of hydrogen-bond acceptors (Lipinski definition) is 2. The highest BCUT2D eigenvalue weighted by Crippen LogP contribution is 2.35. The number of hydrogen-bond donors (Lipinski definition) is 2. The Balaban J connectivity index is 1.77. The van der Waals surface area contributed by atoms with E-state index in [9.17, 15) is 9.59 Å². The minimum atomic E-state index is -0.129. The molecule has 0 aliphatic heterocycles. The molecule has 1 heterocycles. The molecule has 2 N–H and O–H groups in total. The van der Waals surface area contributed by atoms with Crippen LogP contribution >= 0.6 is 0 Å². The van der Waals surface area contributed by atoms with Crippen LogP contribution in [0.25, 0.3) is 0 Å². The first kappa shape index (κ1) is 18.4. The van der Waals surface area contributed by atoms with Gasteiger partial charge in [0.15, 0.2) is 0 Å². The van der Waals surface area contributed by atoms with Gasteiger partial charge in [0.25, 0.3) is 11.5 Å². The largest absolute Gasteiger partial charge is 0.348 e. The van der Waals surface area contributed by atoms with Crippen molar-refractivity contribution in [1.82, 2.24) is 10.3 Å². The molecule has 1 saturated carbocycles. The summed E-state index contributed by atoms with van der Waals surface area (Å²) in [6, 6.07) is 7.95. The Morgan fingerprint density at radius 1 is 1.15 bits per heavy atom. The highest BCUT2D eigenvalue weighted by atomic mass is 16.1. The molecule has 4 heteroatoms. The van der Waals surface area contributed by atoms with Gasteiger partial charge in [-0.15, -0.1) is 0 Å². The molecular formula is C22H28N2O2. The zero-order chi connectivity index (χ0) is 18.7. The van der Waals surface area contributed by atoms with E-state index in [0.717, 1.165) is 16.8 Å². The number of carbonyl (C=O) groups is 1. The number of rotatable bonds is 4. The Hall–Kier alpha value is -2.36. The van der Waals surface area contributed by atoms with Gasteiger partial charge in [-0.2, -0.15) is 0 Å². The van der Waals surface area contributed by atoms with Crippen molar-refractivity contribution < 1.29 is 4.79 Å². The molecule has 0 bridgehead atoms. The van der Waals surface area contributed by atoms with Crippen molar-refractivity contribution in [3.63, 3.8) is 0 Å². The van der Waals surface area contributed by atoms with E-state index < -0.39 is 0 Å². The predicted molar refractivity (Wildman–Crippen MR) is 105 cm³/mol. The van der Waals surface area contributed by atoms with E-state index in [1.165, 1.54) is 37.7 Å². The predicted octanol–water partition coefficient (Wildman–Crippen LogP) is 4.28. The van der Waals surface area contributed by atoms with Crippen molar-refractivity contribution in [2.24, 2.45) is 0 Å². The number of H-pyrrole nitrogens is 1. The second kappa shape index (κ2) is 7.90. The lowest BCUT2D eigenvalue weighted by molar-refractivity contribution is 0.0950. The molecule has 1 fully saturated rings. The van der Waals surface area contributed by atoms with Gasteiger partial charge in [-0.1, -0.05) is 31.4 Å². The molecule has 0 radical (unpaired) electrons. The molecule has 26 heavy (non-hydrogen) atoms. The van der Waals surface area contributed by atoms with E-state index in [0.29, 0.717) is 17.0 Å². The summed E-state index contributed by atoms with van der Waals surface area (Å²) >= 11 is 0. The quantitative estimate of drug-likeness (QED) is 0.863. The van der Waals surface area contributed by atoms with Crippen LogP contribution in [0.3, 0.4) is 0 Å². The molecule has 2 aromatic rings. The summed E-state index contributed by atoms with van der Waals surface area (Å²) in [5, 5.41) is 2.93. The Morgan fingerprint density at radius 3 is 2.58 bits per heavy atom. The number of aromatic nitrogens is 1. The topological polar surface area (TPSA) is 62.0 Å². The summed E-state index contributed by atoms with van der Waals surface area (Å²) in [6.07, 6.45) is 6.29. The highest BCUT2D eigenvalue weighted by Gasteiger charge is 2.20. The molecule has 1 aliphatic carbocycles. The first-order chi connectivity index (χ1) is 12.5. The molecule has 0 spiro atoms. The van der Waals surface area contributed by atoms with Gasteiger partial charge in [-0.05, 0) is 68.4 Å². The van der Waals surface area contributed by atoms with Crippen molar-refractivity contribution in [3.05, 3.63) is 68.1 Å². The van der Waals surface area contributed by atoms with E-state index in [4.69, 9.17) is 0 Å². The van der Waals surface area contributed by atoms with E-state index >= 15 is 0 Å². The van der Waals surface area contributed by atoms with Crippen LogP contribution < -0.4 is 10.9 Å². The monoisotopic (exact) mass is 352 g/mol. The van der Waals surface area contributed by atoms with Crippen LogP contribution in [0.4, 0.5) is 0 Å². The van der Waals surface area contributed by atoms with Crippen LogP contribution in [0.2, 0.25) is 0 Å². The zero-order valence-electron chi connectivity index (χ0n) is 15.9. The standard InChI is InChI=1S/C22H28N2O2/c1-14-12-15(2)24-22(26)20(14)13-23-21(25)19-11-7-10-18(16(19)3)17-8-5-4-6-9-17/h7,10-12,17H,4-6,8-9,13H2,1-3H3,(H,23,25)(H,24,26). The minimum absolute atomic E-state index is 0.112. The molecule has 0 saturated heterocycles. The van der Waals surface area contributed by atoms with Gasteiger partial charge in [0.05, 0.1) is 0 Å². The smallest absolute Gasteiger partial charge is 0.253 e. The molecule has 1 amide bonds. The summed E-state index contributed by atoms with van der Waals surface area (Å²) in [6.45, 7) is 6.05. The lowest BCUT2D eigenvalue weighted by Gasteiger charge is -2.24. The lowest BCUT2D eigenvalue weighted by atomic mass is 9.81. The Labute approximate surface area is 155 Å². The van der Waals surface area contributed by atoms with Gasteiger partial charge < -0.3 is 10.3 Å². The molecular weight excluding hydrogens is 324 g/mol. The summed E-state index contributed by atoms with van der Waals surface area (Å²) in [4.78, 5) is 27.7. The van der Waals surface area contributed by atoms with Crippen molar-refractivity contribution in [2.75, 3.05) is 0 Å². The Kier molecular flexibility index (Phi) is 5.60. The third-order valence-electron chi connectivity index (χ3n) is 5.58. The highest BCUT2D eigenvalue weighted by molar-refractivity contribution is 5.95. The minimum Gasteiger partial charge on any atom is -0.348 e. The van der Waals surface area contributed by atoms with Crippen LogP contribution in [-0.4, -0.2) is 10.9 Å². The van der Waals surface area contributed by atoms with Crippen LogP contribution in [0, 0.1) is 20.8 Å². The van der Waals surface area contributed by atoms with Gasteiger partial charge in [-0.3, -0.25) is 9.59 Å². The molecule has 138 valence electrons. The van der Waals surface area contributed by atoms with Crippen LogP contribution in [0.1, 0.15) is 76.3 Å². The fourth-order valence-corrected chi connectivity index (χ4v) is 4.12. The van der Waals surface area contributed by atoms with Crippen LogP contribution in [0.5, 0.6) is 0 Å². The third-order valence-corrected chi connectivity index (χ3v) is 5.58. The van der Waals surface area contributed by atoms with Gasteiger partial charge in [0.2, 0.25) is 0 Å². The fourth-order valence-electron chi connectivity index (χ4n) is 4.12. The van der Waals surface area contributed by atoms with Crippen molar-refractivity contribution in [1.29, 1.82) is 0 Å². The zero-order valence-corrected chi connectivity index (χ0v) is 15.9. The average Bonchev–Trinajstić information content (AvgIpc) is 2.61. The number of nitrogens with one attached hydrogen (secondary N) is 2. The molecule has 1 aromatic heterocycles. The summed E-state index contributed by atoms with van der Waals surface area (Å²) < 4.78 is 0. The van der Waals surface area contributed by atoms with E-state index in [-0.39, 0.29) is 18.0 Å². The maximum Gasteiger partial charge on any atom is 0.253 e. The van der Waals surface area contributed by atoms with Crippen molar-refractivity contribution >= 4 is 5.91 Å². The normalized spacial score (nSPS) is 15.0. The Bertz CT molecular complexity index is 861. The maximum atomic E-state index is 12.7. The molecule has 4 nitrogen and oxygen atoms in total. The van der Waals surface area contributed by atoms with E-state index in [1.807, 2.05) is 39.0 Å². The molecule has 1 aromatic carbocycles. The first-order valence-electron chi connectivity index (χ1n) is 9.54. The fraction of sp³-hybridized carbons (Fsp3) is 0.455. The van der Waals surface area contributed by atoms with E-state index in [1.54, 1.807) is 0 Å². The lowest BCUT2D eigenvalue weighted by Crippen LogP contribution is -2.28. The maximum absolute atomic E-state index is 12.7. The third kappa shape index (κ3) is 3.90. The number of aromatic amines is 1. The summed E-state index contributed by atoms with van der Waals surface area (Å²) in [5.74, 6) is 0.457. The van der Waals surface area contributed by atoms with E-state index in [2.05, 4.69) is 16.4 Å². The first-order valence-corrected chi connectivity index (χ1v) is 9.54. The number of aryl methyl sites for hydroxylation is 2. The van der Waals surface area contributed by atoms with Gasteiger partial charge in [0.1, 0.15) is 0 Å². The Morgan fingerprint density at radius 2 is 1.88 bits per heavy atom.